The van der Waals surface area contributed by atoms with Crippen LogP contribution in [-0.4, -0.2) is 18.7 Å². The molecule has 0 saturated carbocycles. The van der Waals surface area contributed by atoms with Crippen molar-refractivity contribution >= 4 is 11.8 Å². The molecule has 18 heavy (non-hydrogen) atoms. The molecule has 0 saturated heterocycles. The molecular formula is C14H20N2O2. The number of hydrogen-bond donors (Lipinski definition) is 1. The highest BCUT2D eigenvalue weighted by Gasteiger charge is 2.21. The second kappa shape index (κ2) is 4.61. The van der Waals surface area contributed by atoms with Gasteiger partial charge in [0.15, 0.2) is 0 Å². The minimum Gasteiger partial charge on any atom is -0.443 e. The Hall–Kier alpha value is -1.55. The van der Waals surface area contributed by atoms with Gasteiger partial charge in [-0.2, -0.15) is 0 Å². The lowest BCUT2D eigenvalue weighted by atomic mass is 10.1. The van der Waals surface area contributed by atoms with Gasteiger partial charge < -0.3 is 10.1 Å². The van der Waals surface area contributed by atoms with Crippen molar-refractivity contribution in [2.45, 2.75) is 39.5 Å². The largest absolute Gasteiger partial charge is 0.443 e. The van der Waals surface area contributed by atoms with E-state index in [0.29, 0.717) is 0 Å². The Kier molecular flexibility index (Phi) is 3.30. The van der Waals surface area contributed by atoms with E-state index in [-0.39, 0.29) is 6.09 Å². The van der Waals surface area contributed by atoms with Crippen LogP contribution < -0.4 is 10.2 Å². The number of carbonyl (C=O) groups excluding carboxylic acids is 1. The van der Waals surface area contributed by atoms with E-state index in [4.69, 9.17) is 4.74 Å². The van der Waals surface area contributed by atoms with E-state index in [1.807, 2.05) is 32.9 Å². The third-order valence-electron chi connectivity index (χ3n) is 2.88. The minimum absolute atomic E-state index is 0.326. The quantitative estimate of drug-likeness (QED) is 0.830. The number of amides is 1. The molecule has 0 spiro atoms. The Morgan fingerprint density at radius 2 is 1.94 bits per heavy atom. The number of nitrogens with one attached hydrogen (secondary N) is 1. The highest BCUT2D eigenvalue weighted by atomic mass is 16.6. The Labute approximate surface area is 108 Å². The van der Waals surface area contributed by atoms with Gasteiger partial charge in [0.25, 0.3) is 0 Å². The number of nitrogens with zero attached hydrogens (tertiary/aromatic N) is 1. The van der Waals surface area contributed by atoms with E-state index in [2.05, 4.69) is 11.4 Å². The molecule has 0 aromatic heterocycles. The van der Waals surface area contributed by atoms with Crippen LogP contribution in [0.25, 0.3) is 0 Å². The number of ether oxygens (including phenoxy) is 1. The Bertz CT molecular complexity index is 463. The minimum atomic E-state index is -0.469. The third kappa shape index (κ3) is 2.82. The summed E-state index contributed by atoms with van der Waals surface area (Å²) < 4.78 is 5.34. The summed E-state index contributed by atoms with van der Waals surface area (Å²) in [4.78, 5) is 13.5. The average molecular weight is 248 g/mol. The van der Waals surface area contributed by atoms with Crippen LogP contribution in [0, 0.1) is 0 Å². The molecule has 1 aliphatic heterocycles. The lowest BCUT2D eigenvalue weighted by molar-refractivity contribution is 0.0589. The van der Waals surface area contributed by atoms with Crippen molar-refractivity contribution in [3.05, 3.63) is 29.3 Å². The average Bonchev–Trinajstić information content (AvgIpc) is 2.72. The second-order valence-electron chi connectivity index (χ2n) is 5.60. The standard InChI is InChI=1S/C14H20N2O2/c1-14(2,3)18-13(17)16(4)12-6-5-10-8-15-9-11(10)7-12/h5-7,15H,8-9H2,1-4H3. The van der Waals surface area contributed by atoms with Crippen LogP contribution in [0.2, 0.25) is 0 Å². The van der Waals surface area contributed by atoms with Crippen LogP contribution in [0.4, 0.5) is 10.5 Å². The molecule has 1 aromatic rings. The van der Waals surface area contributed by atoms with Gasteiger partial charge in [-0.1, -0.05) is 6.07 Å². The first kappa shape index (κ1) is 12.9. The molecule has 0 aliphatic carbocycles. The van der Waals surface area contributed by atoms with Gasteiger partial charge >= 0.3 is 6.09 Å². The van der Waals surface area contributed by atoms with Crippen molar-refractivity contribution in [1.82, 2.24) is 5.32 Å². The number of hydrogen-bond acceptors (Lipinski definition) is 3. The zero-order valence-electron chi connectivity index (χ0n) is 11.4. The molecule has 1 amide bonds. The normalized spacial score (nSPS) is 14.2. The monoisotopic (exact) mass is 248 g/mol. The van der Waals surface area contributed by atoms with Crippen molar-refractivity contribution in [2.75, 3.05) is 11.9 Å². The number of fused-ring (bicyclic) bond motifs is 1. The molecule has 1 aromatic carbocycles. The summed E-state index contributed by atoms with van der Waals surface area (Å²) in [7, 11) is 1.73. The first-order valence-electron chi connectivity index (χ1n) is 6.16. The van der Waals surface area contributed by atoms with Crippen molar-refractivity contribution < 1.29 is 9.53 Å². The summed E-state index contributed by atoms with van der Waals surface area (Å²) in [6.07, 6.45) is -0.326. The summed E-state index contributed by atoms with van der Waals surface area (Å²) >= 11 is 0. The van der Waals surface area contributed by atoms with Gasteiger partial charge in [-0.25, -0.2) is 4.79 Å². The maximum absolute atomic E-state index is 11.9. The molecule has 4 nitrogen and oxygen atoms in total. The van der Waals surface area contributed by atoms with E-state index >= 15 is 0 Å². The first-order chi connectivity index (χ1) is 8.37. The molecule has 0 fully saturated rings. The van der Waals surface area contributed by atoms with Gasteiger partial charge in [0.2, 0.25) is 0 Å². The van der Waals surface area contributed by atoms with E-state index in [1.165, 1.54) is 11.1 Å². The van der Waals surface area contributed by atoms with Crippen LogP contribution in [0.3, 0.4) is 0 Å². The summed E-state index contributed by atoms with van der Waals surface area (Å²) in [5.41, 5.74) is 2.95. The Morgan fingerprint density at radius 1 is 1.28 bits per heavy atom. The zero-order chi connectivity index (χ0) is 13.3. The van der Waals surface area contributed by atoms with Crippen LogP contribution in [0.1, 0.15) is 31.9 Å². The molecular weight excluding hydrogens is 228 g/mol. The van der Waals surface area contributed by atoms with E-state index in [0.717, 1.165) is 18.8 Å². The molecule has 1 heterocycles. The van der Waals surface area contributed by atoms with Crippen molar-refractivity contribution in [3.63, 3.8) is 0 Å². The molecule has 0 radical (unpaired) electrons. The van der Waals surface area contributed by atoms with Gasteiger partial charge in [0.05, 0.1) is 0 Å². The van der Waals surface area contributed by atoms with Crippen LogP contribution in [-0.2, 0) is 17.8 Å². The van der Waals surface area contributed by atoms with E-state index in [9.17, 15) is 4.79 Å². The highest BCUT2D eigenvalue weighted by molar-refractivity contribution is 5.87. The van der Waals surface area contributed by atoms with E-state index < -0.39 is 5.60 Å². The Balaban J connectivity index is 2.14. The van der Waals surface area contributed by atoms with Gasteiger partial charge in [-0.3, -0.25) is 4.90 Å². The van der Waals surface area contributed by atoms with Crippen molar-refractivity contribution in [2.24, 2.45) is 0 Å². The topological polar surface area (TPSA) is 41.6 Å². The fraction of sp³-hybridized carbons (Fsp3) is 0.500. The lowest BCUT2D eigenvalue weighted by Gasteiger charge is -2.25. The number of anilines is 1. The third-order valence-corrected chi connectivity index (χ3v) is 2.88. The SMILES string of the molecule is CN(C(=O)OC(C)(C)C)c1ccc2c(c1)CNC2. The Morgan fingerprint density at radius 3 is 2.61 bits per heavy atom. The van der Waals surface area contributed by atoms with Gasteiger partial charge in [-0.15, -0.1) is 0 Å². The molecule has 1 aliphatic rings. The van der Waals surface area contributed by atoms with Gasteiger partial charge in [-0.05, 0) is 44.0 Å². The van der Waals surface area contributed by atoms with Gasteiger partial charge in [0.1, 0.15) is 5.60 Å². The molecule has 2 rings (SSSR count). The molecule has 0 atom stereocenters. The van der Waals surface area contributed by atoms with Crippen LogP contribution >= 0.6 is 0 Å². The maximum atomic E-state index is 11.9. The molecule has 4 heteroatoms. The van der Waals surface area contributed by atoms with Crippen LogP contribution in [0.5, 0.6) is 0 Å². The summed E-state index contributed by atoms with van der Waals surface area (Å²) in [5.74, 6) is 0. The molecule has 0 bridgehead atoms. The molecule has 98 valence electrons. The fourth-order valence-electron chi connectivity index (χ4n) is 1.93. The highest BCUT2D eigenvalue weighted by Crippen LogP contribution is 2.23. The van der Waals surface area contributed by atoms with E-state index in [1.54, 1.807) is 11.9 Å². The molecule has 0 unspecified atom stereocenters. The lowest BCUT2D eigenvalue weighted by Crippen LogP contribution is -2.34. The number of benzene rings is 1. The summed E-state index contributed by atoms with van der Waals surface area (Å²) in [6.45, 7) is 7.37. The summed E-state index contributed by atoms with van der Waals surface area (Å²) in [5, 5.41) is 3.29. The predicted molar refractivity (Wildman–Crippen MR) is 71.6 cm³/mol. The fourth-order valence-corrected chi connectivity index (χ4v) is 1.93. The smallest absolute Gasteiger partial charge is 0.414 e. The number of rotatable bonds is 1. The van der Waals surface area contributed by atoms with Crippen LogP contribution in [0.15, 0.2) is 18.2 Å². The predicted octanol–water partition coefficient (Wildman–Crippen LogP) is 2.66. The second-order valence-corrected chi connectivity index (χ2v) is 5.60. The van der Waals surface area contributed by atoms with Crippen molar-refractivity contribution in [1.29, 1.82) is 0 Å². The zero-order valence-corrected chi connectivity index (χ0v) is 11.4. The number of carbonyl (C=O) groups is 1. The first-order valence-corrected chi connectivity index (χ1v) is 6.16. The summed E-state index contributed by atoms with van der Waals surface area (Å²) in [6, 6.07) is 6.06. The maximum Gasteiger partial charge on any atom is 0.414 e. The molecule has 1 N–H and O–H groups in total. The van der Waals surface area contributed by atoms with Crippen molar-refractivity contribution in [3.8, 4) is 0 Å². The van der Waals surface area contributed by atoms with Gasteiger partial charge in [0, 0.05) is 25.8 Å².